The van der Waals surface area contributed by atoms with Crippen LogP contribution in [-0.4, -0.2) is 70.7 Å². The quantitative estimate of drug-likeness (QED) is 0.701. The minimum absolute atomic E-state index is 0. The first-order valence-electron chi connectivity index (χ1n) is 8.67. The first-order chi connectivity index (χ1) is 12.6. The van der Waals surface area contributed by atoms with Gasteiger partial charge in [0.25, 0.3) is 0 Å². The Morgan fingerprint density at radius 3 is 2.52 bits per heavy atom. The molecule has 0 aliphatic carbocycles. The molecule has 0 aromatic heterocycles. The van der Waals surface area contributed by atoms with Crippen LogP contribution in [-0.2, 0) is 16.0 Å². The summed E-state index contributed by atoms with van der Waals surface area (Å²) in [5.41, 5.74) is 1.90. The summed E-state index contributed by atoms with van der Waals surface area (Å²) in [6, 6.07) is 7.24. The first kappa shape index (κ1) is 20.9. The van der Waals surface area contributed by atoms with Crippen LogP contribution < -0.4 is 5.32 Å². The van der Waals surface area contributed by atoms with E-state index in [0.717, 1.165) is 43.5 Å². The molecule has 146 valence electrons. The zero-order valence-electron chi connectivity index (χ0n) is 14.8. The Morgan fingerprint density at radius 2 is 1.93 bits per heavy atom. The lowest BCUT2D eigenvalue weighted by atomic mass is 10.0. The number of aryl methyl sites for hydroxylation is 1. The van der Waals surface area contributed by atoms with Crippen LogP contribution in [0.4, 0.5) is 4.79 Å². The zero-order valence-corrected chi connectivity index (χ0v) is 15.7. The van der Waals surface area contributed by atoms with E-state index in [0.29, 0.717) is 13.0 Å². The molecule has 1 unspecified atom stereocenters. The largest absolute Gasteiger partial charge is 0.481 e. The molecule has 2 heterocycles. The van der Waals surface area contributed by atoms with Crippen LogP contribution >= 0.6 is 12.4 Å². The third-order valence-electron chi connectivity index (χ3n) is 4.71. The molecule has 9 heteroatoms. The summed E-state index contributed by atoms with van der Waals surface area (Å²) in [6.07, 6.45) is 1.71. The van der Waals surface area contributed by atoms with Crippen molar-refractivity contribution in [1.82, 2.24) is 20.2 Å². The van der Waals surface area contributed by atoms with E-state index < -0.39 is 5.97 Å². The highest BCUT2D eigenvalue weighted by molar-refractivity contribution is 5.85. The second-order valence-corrected chi connectivity index (χ2v) is 6.38. The third kappa shape index (κ3) is 4.87. The monoisotopic (exact) mass is 394 g/mol. The smallest absolute Gasteiger partial charge is 0.339 e. The van der Waals surface area contributed by atoms with E-state index >= 15 is 0 Å². The van der Waals surface area contributed by atoms with Crippen molar-refractivity contribution in [2.45, 2.75) is 18.9 Å². The van der Waals surface area contributed by atoms with Crippen LogP contribution in [0, 0.1) is 0 Å². The molecule has 2 N–H and O–H groups in total. The lowest BCUT2D eigenvalue weighted by Crippen LogP contribution is -2.54. The van der Waals surface area contributed by atoms with Gasteiger partial charge in [0.15, 0.2) is 0 Å². The highest BCUT2D eigenvalue weighted by Crippen LogP contribution is 2.31. The van der Waals surface area contributed by atoms with Crippen LogP contribution in [0.1, 0.15) is 23.6 Å². The topological polar surface area (TPSA) is 93.2 Å². The SMILES string of the molecule is Cl.O=C=CN1CC(c2ccc(CCC(=O)O)cc2)N(N2CCNCC2)C1=O. The molecule has 2 aliphatic rings. The lowest BCUT2D eigenvalue weighted by Gasteiger charge is -2.37. The van der Waals surface area contributed by atoms with Gasteiger partial charge in [-0.3, -0.25) is 9.69 Å². The Morgan fingerprint density at radius 1 is 1.26 bits per heavy atom. The van der Waals surface area contributed by atoms with Crippen molar-refractivity contribution in [2.75, 3.05) is 32.7 Å². The molecule has 0 bridgehead atoms. The maximum atomic E-state index is 12.7. The van der Waals surface area contributed by atoms with Crippen LogP contribution in [0.2, 0.25) is 0 Å². The molecule has 0 saturated carbocycles. The summed E-state index contributed by atoms with van der Waals surface area (Å²) in [5, 5.41) is 15.8. The number of hydrazine groups is 1. The average Bonchev–Trinajstić information content (AvgIpc) is 2.98. The Hall–Kier alpha value is -2.38. The van der Waals surface area contributed by atoms with Gasteiger partial charge in [-0.05, 0) is 17.5 Å². The molecule has 27 heavy (non-hydrogen) atoms. The predicted octanol–water partition coefficient (Wildman–Crippen LogP) is 1.07. The van der Waals surface area contributed by atoms with Crippen molar-refractivity contribution in [3.05, 3.63) is 41.6 Å². The molecule has 0 radical (unpaired) electrons. The number of aliphatic carboxylic acids is 1. The number of hydrogen-bond acceptors (Lipinski definition) is 5. The fraction of sp³-hybridized carbons (Fsp3) is 0.444. The minimum atomic E-state index is -0.823. The lowest BCUT2D eigenvalue weighted by molar-refractivity contribution is -0.136. The number of carbonyl (C=O) groups is 2. The third-order valence-corrected chi connectivity index (χ3v) is 4.71. The summed E-state index contributed by atoms with van der Waals surface area (Å²) < 4.78 is 0. The van der Waals surface area contributed by atoms with E-state index in [1.165, 1.54) is 4.90 Å². The summed E-state index contributed by atoms with van der Waals surface area (Å²) in [6.45, 7) is 3.42. The molecule has 2 fully saturated rings. The van der Waals surface area contributed by atoms with Gasteiger partial charge < -0.3 is 10.4 Å². The van der Waals surface area contributed by atoms with Gasteiger partial charge in [-0.2, -0.15) is 0 Å². The molecule has 2 aliphatic heterocycles. The van der Waals surface area contributed by atoms with Crippen LogP contribution in [0.25, 0.3) is 0 Å². The van der Waals surface area contributed by atoms with Crippen LogP contribution in [0.3, 0.4) is 0 Å². The highest BCUT2D eigenvalue weighted by Gasteiger charge is 2.41. The zero-order chi connectivity index (χ0) is 18.5. The Labute approximate surface area is 163 Å². The van der Waals surface area contributed by atoms with E-state index in [9.17, 15) is 14.4 Å². The second-order valence-electron chi connectivity index (χ2n) is 6.38. The average molecular weight is 395 g/mol. The summed E-state index contributed by atoms with van der Waals surface area (Å²) in [5.74, 6) is 0.866. The molecule has 1 aromatic carbocycles. The van der Waals surface area contributed by atoms with E-state index in [2.05, 4.69) is 5.32 Å². The van der Waals surface area contributed by atoms with Gasteiger partial charge in [0.05, 0.1) is 18.8 Å². The standard InChI is InChI=1S/C18H22N4O4.ClH/c23-12-11-20-13-16(22(18(20)26)21-9-7-19-8-10-21)15-4-1-14(2-5-15)3-6-17(24)25;/h1-2,4-5,11,16,19H,3,6-10,13H2,(H,24,25);1H. The number of nitrogens with zero attached hydrogens (tertiary/aromatic N) is 3. The van der Waals surface area contributed by atoms with Crippen molar-refractivity contribution >= 4 is 30.3 Å². The summed E-state index contributed by atoms with van der Waals surface area (Å²) in [7, 11) is 0. The Bertz CT molecular complexity index is 715. The Balaban J connectivity index is 0.00000261. The number of carboxylic acids is 1. The number of rotatable bonds is 6. The minimum Gasteiger partial charge on any atom is -0.481 e. The van der Waals surface area contributed by atoms with E-state index in [4.69, 9.17) is 5.11 Å². The molecule has 3 rings (SSSR count). The number of hydrogen-bond donors (Lipinski definition) is 2. The number of benzene rings is 1. The van der Waals surface area contributed by atoms with Crippen molar-refractivity contribution in [2.24, 2.45) is 0 Å². The normalized spacial score (nSPS) is 20.1. The molecule has 8 nitrogen and oxygen atoms in total. The molecule has 2 amide bonds. The fourth-order valence-electron chi connectivity index (χ4n) is 3.37. The predicted molar refractivity (Wildman–Crippen MR) is 101 cm³/mol. The maximum Gasteiger partial charge on any atom is 0.339 e. The summed E-state index contributed by atoms with van der Waals surface area (Å²) >= 11 is 0. The van der Waals surface area contributed by atoms with E-state index in [-0.39, 0.29) is 30.9 Å². The summed E-state index contributed by atoms with van der Waals surface area (Å²) in [4.78, 5) is 35.6. The molecule has 0 spiro atoms. The van der Waals surface area contributed by atoms with Crippen molar-refractivity contribution < 1.29 is 19.5 Å². The highest BCUT2D eigenvalue weighted by atomic mass is 35.5. The van der Waals surface area contributed by atoms with Crippen LogP contribution in [0.5, 0.6) is 0 Å². The van der Waals surface area contributed by atoms with Gasteiger partial charge in [0.1, 0.15) is 5.94 Å². The van der Waals surface area contributed by atoms with Gasteiger partial charge in [0.2, 0.25) is 0 Å². The maximum absolute atomic E-state index is 12.7. The number of carboxylic acid groups (broad SMARTS) is 1. The fourth-order valence-corrected chi connectivity index (χ4v) is 3.37. The number of piperazine rings is 1. The van der Waals surface area contributed by atoms with Crippen LogP contribution in [0.15, 0.2) is 30.5 Å². The molecule has 1 aromatic rings. The van der Waals surface area contributed by atoms with Gasteiger partial charge >= 0.3 is 12.0 Å². The first-order valence-corrected chi connectivity index (χ1v) is 8.67. The van der Waals surface area contributed by atoms with Gasteiger partial charge in [-0.25, -0.2) is 19.6 Å². The van der Waals surface area contributed by atoms with E-state index in [1.807, 2.05) is 29.3 Å². The molecule has 1 atom stereocenters. The molecular weight excluding hydrogens is 372 g/mol. The van der Waals surface area contributed by atoms with Crippen molar-refractivity contribution in [3.63, 3.8) is 0 Å². The number of carbonyl (C=O) groups excluding carboxylic acids is 2. The number of amides is 2. The van der Waals surface area contributed by atoms with Crippen molar-refractivity contribution in [3.8, 4) is 0 Å². The number of halogens is 1. The van der Waals surface area contributed by atoms with Crippen molar-refractivity contribution in [1.29, 1.82) is 0 Å². The van der Waals surface area contributed by atoms with E-state index in [1.54, 1.807) is 11.0 Å². The number of nitrogens with one attached hydrogen (secondary N) is 1. The van der Waals surface area contributed by atoms with Gasteiger partial charge in [-0.15, -0.1) is 12.4 Å². The Kier molecular flexibility index (Phi) is 7.38. The van der Waals surface area contributed by atoms with Gasteiger partial charge in [0, 0.05) is 32.6 Å². The molecule has 2 saturated heterocycles. The molecular formula is C18H23ClN4O4. The second kappa shape index (κ2) is 9.53. The number of urea groups is 1. The van der Waals surface area contributed by atoms with Gasteiger partial charge in [-0.1, -0.05) is 24.3 Å².